The van der Waals surface area contributed by atoms with Crippen molar-refractivity contribution in [1.82, 2.24) is 9.78 Å². The topological polar surface area (TPSA) is 90.3 Å². The molecule has 24 heavy (non-hydrogen) atoms. The third-order valence-corrected chi connectivity index (χ3v) is 5.41. The Bertz CT molecular complexity index is 914. The van der Waals surface area contributed by atoms with E-state index >= 15 is 0 Å². The molecule has 130 valence electrons. The first-order chi connectivity index (χ1) is 11.1. The molecule has 0 saturated heterocycles. The lowest BCUT2D eigenvalue weighted by molar-refractivity contribution is 0.0589. The number of aromatic nitrogens is 2. The van der Waals surface area contributed by atoms with Crippen LogP contribution in [-0.4, -0.2) is 31.3 Å². The summed E-state index contributed by atoms with van der Waals surface area (Å²) in [4.78, 5) is 12.1. The molecule has 0 aliphatic heterocycles. The van der Waals surface area contributed by atoms with Crippen molar-refractivity contribution >= 4 is 21.7 Å². The maximum atomic E-state index is 12.8. The molecular weight excluding hydrogens is 330 g/mol. The molecule has 7 nitrogen and oxygen atoms in total. The number of nitrogens with one attached hydrogen (secondary N) is 1. The van der Waals surface area contributed by atoms with E-state index in [0.717, 1.165) is 11.1 Å². The first kappa shape index (κ1) is 18.0. The minimum Gasteiger partial charge on any atom is -0.464 e. The van der Waals surface area contributed by atoms with Gasteiger partial charge in [0, 0.05) is 7.05 Å². The van der Waals surface area contributed by atoms with Crippen LogP contribution in [0.2, 0.25) is 0 Å². The van der Waals surface area contributed by atoms with E-state index in [0.29, 0.717) is 11.3 Å². The van der Waals surface area contributed by atoms with E-state index in [1.807, 2.05) is 19.9 Å². The van der Waals surface area contributed by atoms with Crippen LogP contribution in [0.3, 0.4) is 0 Å². The lowest BCUT2D eigenvalue weighted by Gasteiger charge is -2.13. The molecular formula is C16H21N3O4S. The van der Waals surface area contributed by atoms with Gasteiger partial charge < -0.3 is 4.74 Å². The quantitative estimate of drug-likeness (QED) is 0.853. The molecule has 0 fully saturated rings. The lowest BCUT2D eigenvalue weighted by atomic mass is 10.1. The van der Waals surface area contributed by atoms with Crippen molar-refractivity contribution in [3.63, 3.8) is 0 Å². The summed E-state index contributed by atoms with van der Waals surface area (Å²) >= 11 is 0. The molecule has 0 aliphatic rings. The normalized spacial score (nSPS) is 11.4. The minimum atomic E-state index is -3.87. The van der Waals surface area contributed by atoms with Gasteiger partial charge in [0.05, 0.1) is 17.7 Å². The van der Waals surface area contributed by atoms with Gasteiger partial charge in [-0.05, 0) is 50.5 Å². The molecule has 0 radical (unpaired) electrons. The fraction of sp³-hybridized carbons (Fsp3) is 0.375. The number of benzene rings is 1. The third-order valence-electron chi connectivity index (χ3n) is 3.92. The molecule has 1 aromatic heterocycles. The number of carbonyl (C=O) groups excluding carboxylic acids is 1. The zero-order chi connectivity index (χ0) is 18.2. The summed E-state index contributed by atoms with van der Waals surface area (Å²) in [7, 11) is -1.08. The maximum Gasteiger partial charge on any atom is 0.358 e. The van der Waals surface area contributed by atoms with Gasteiger partial charge in [-0.3, -0.25) is 9.40 Å². The highest BCUT2D eigenvalue weighted by atomic mass is 32.2. The van der Waals surface area contributed by atoms with E-state index in [4.69, 9.17) is 4.74 Å². The van der Waals surface area contributed by atoms with Crippen LogP contribution in [0.4, 0.5) is 5.69 Å². The summed E-state index contributed by atoms with van der Waals surface area (Å²) in [5.74, 6) is -0.660. The molecule has 1 heterocycles. The van der Waals surface area contributed by atoms with Crippen molar-refractivity contribution in [2.45, 2.75) is 32.6 Å². The summed E-state index contributed by atoms with van der Waals surface area (Å²) in [6, 6.07) is 3.44. The first-order valence-corrected chi connectivity index (χ1v) is 8.79. The second-order valence-corrected chi connectivity index (χ2v) is 7.38. The van der Waals surface area contributed by atoms with Gasteiger partial charge >= 0.3 is 5.97 Å². The molecule has 8 heteroatoms. The highest BCUT2D eigenvalue weighted by molar-refractivity contribution is 7.92. The van der Waals surface area contributed by atoms with Gasteiger partial charge in [-0.25, -0.2) is 13.2 Å². The predicted octanol–water partition coefficient (Wildman–Crippen LogP) is 2.24. The van der Waals surface area contributed by atoms with Crippen molar-refractivity contribution in [2.75, 3.05) is 11.8 Å². The third kappa shape index (κ3) is 3.14. The summed E-state index contributed by atoms with van der Waals surface area (Å²) < 4.78 is 34.1. The van der Waals surface area contributed by atoms with Gasteiger partial charge in [-0.15, -0.1) is 0 Å². The van der Waals surface area contributed by atoms with E-state index in [1.54, 1.807) is 27.0 Å². The van der Waals surface area contributed by atoms with Crippen LogP contribution < -0.4 is 4.72 Å². The van der Waals surface area contributed by atoms with Crippen molar-refractivity contribution in [3.05, 3.63) is 40.2 Å². The Morgan fingerprint density at radius 1 is 1.12 bits per heavy atom. The second kappa shape index (κ2) is 6.27. The number of sulfonamides is 1. The highest BCUT2D eigenvalue weighted by Crippen LogP contribution is 2.26. The number of nitrogens with zero attached hydrogens (tertiary/aromatic N) is 2. The summed E-state index contributed by atoms with van der Waals surface area (Å²) in [5, 5.41) is 4.10. The molecule has 0 saturated carbocycles. The van der Waals surface area contributed by atoms with Gasteiger partial charge in [0.2, 0.25) is 0 Å². The molecule has 0 spiro atoms. The molecule has 1 aromatic carbocycles. The number of ether oxygens (including phenoxy) is 1. The Balaban J connectivity index is 2.56. The zero-order valence-electron chi connectivity index (χ0n) is 14.6. The largest absolute Gasteiger partial charge is 0.464 e. The monoisotopic (exact) mass is 351 g/mol. The number of esters is 1. The van der Waals surface area contributed by atoms with E-state index < -0.39 is 16.0 Å². The fourth-order valence-electron chi connectivity index (χ4n) is 2.52. The second-order valence-electron chi connectivity index (χ2n) is 5.73. The van der Waals surface area contributed by atoms with Gasteiger partial charge in [0.25, 0.3) is 10.0 Å². The molecule has 0 atom stereocenters. The predicted molar refractivity (Wildman–Crippen MR) is 90.7 cm³/mol. The Morgan fingerprint density at radius 2 is 1.71 bits per heavy atom. The Morgan fingerprint density at radius 3 is 2.29 bits per heavy atom. The van der Waals surface area contributed by atoms with Crippen molar-refractivity contribution < 1.29 is 17.9 Å². The van der Waals surface area contributed by atoms with Gasteiger partial charge in [-0.2, -0.15) is 5.10 Å². The molecule has 2 rings (SSSR count). The Kier molecular flexibility index (Phi) is 4.70. The van der Waals surface area contributed by atoms with E-state index in [9.17, 15) is 13.2 Å². The zero-order valence-corrected chi connectivity index (χ0v) is 15.4. The van der Waals surface area contributed by atoms with Crippen molar-refractivity contribution in [2.24, 2.45) is 7.05 Å². The van der Waals surface area contributed by atoms with Gasteiger partial charge in [-0.1, -0.05) is 6.07 Å². The van der Waals surface area contributed by atoms with Crippen molar-refractivity contribution in [3.8, 4) is 0 Å². The van der Waals surface area contributed by atoms with Crippen molar-refractivity contribution in [1.29, 1.82) is 0 Å². The van der Waals surface area contributed by atoms with Crippen LogP contribution in [0.5, 0.6) is 0 Å². The number of hydrogen-bond acceptors (Lipinski definition) is 5. The molecule has 0 aliphatic carbocycles. The number of aryl methyl sites for hydroxylation is 5. The summed E-state index contributed by atoms with van der Waals surface area (Å²) in [5.41, 5.74) is 3.09. The molecule has 0 amide bonds. The van der Waals surface area contributed by atoms with Crippen LogP contribution >= 0.6 is 0 Å². The molecule has 2 aromatic rings. The highest BCUT2D eigenvalue weighted by Gasteiger charge is 2.26. The van der Waals surface area contributed by atoms with Crippen LogP contribution in [0.25, 0.3) is 0 Å². The van der Waals surface area contributed by atoms with Crippen LogP contribution in [-0.2, 0) is 21.8 Å². The number of rotatable bonds is 4. The SMILES string of the molecule is COC(=O)c1c(NS(=O)(=O)c2cc(C)c(C)cc2C)c(C)nn1C. The number of methoxy groups -OCH3 is 1. The minimum absolute atomic E-state index is 0.0556. The fourth-order valence-corrected chi connectivity index (χ4v) is 3.96. The van der Waals surface area contributed by atoms with Gasteiger partial charge in [0.15, 0.2) is 5.69 Å². The molecule has 0 bridgehead atoms. The summed E-state index contributed by atoms with van der Waals surface area (Å²) in [6.07, 6.45) is 0. The van der Waals surface area contributed by atoms with E-state index in [-0.39, 0.29) is 16.3 Å². The number of anilines is 1. The van der Waals surface area contributed by atoms with E-state index in [2.05, 4.69) is 9.82 Å². The Hall–Kier alpha value is -2.35. The average molecular weight is 351 g/mol. The standard InChI is InChI=1S/C16H21N3O4S/c1-9-7-11(3)13(8-10(9)2)24(21,22)18-14-12(4)17-19(5)15(14)16(20)23-6/h7-8,18H,1-6H3. The van der Waals surface area contributed by atoms with Crippen LogP contribution in [0.1, 0.15) is 32.9 Å². The smallest absolute Gasteiger partial charge is 0.358 e. The maximum absolute atomic E-state index is 12.8. The van der Waals surface area contributed by atoms with Crippen LogP contribution in [0.15, 0.2) is 17.0 Å². The number of hydrogen-bond donors (Lipinski definition) is 1. The molecule has 0 unspecified atom stereocenters. The van der Waals surface area contributed by atoms with E-state index in [1.165, 1.54) is 11.8 Å². The number of carbonyl (C=O) groups is 1. The average Bonchev–Trinajstić information content (AvgIpc) is 2.75. The molecule has 1 N–H and O–H groups in total. The van der Waals surface area contributed by atoms with Gasteiger partial charge in [0.1, 0.15) is 5.69 Å². The van der Waals surface area contributed by atoms with Crippen LogP contribution in [0, 0.1) is 27.7 Å². The first-order valence-electron chi connectivity index (χ1n) is 7.31. The Labute approximate surface area is 141 Å². The summed E-state index contributed by atoms with van der Waals surface area (Å²) in [6.45, 7) is 7.13. The lowest BCUT2D eigenvalue weighted by Crippen LogP contribution is -2.18.